The third-order valence-electron chi connectivity index (χ3n) is 14.0. The second-order valence-electron chi connectivity index (χ2n) is 17.4. The first-order valence-electron chi connectivity index (χ1n) is 21.8. The summed E-state index contributed by atoms with van der Waals surface area (Å²) in [5.41, 5.74) is 1.58. The lowest BCUT2D eigenvalue weighted by atomic mass is 9.68. The zero-order valence-corrected chi connectivity index (χ0v) is 33.1. The van der Waals surface area contributed by atoms with Crippen molar-refractivity contribution in [2.45, 2.75) is 188 Å². The highest BCUT2D eigenvalue weighted by atomic mass is 19.2. The Balaban J connectivity index is 0.00000101. The maximum absolute atomic E-state index is 14.6. The largest absolute Gasteiger partial charge is 0.490 e. The van der Waals surface area contributed by atoms with Crippen molar-refractivity contribution in [2.24, 2.45) is 35.5 Å². The molecule has 0 saturated heterocycles. The first-order valence-corrected chi connectivity index (χ1v) is 21.8. The average molecular weight is 751 g/mol. The van der Waals surface area contributed by atoms with Gasteiger partial charge in [0.1, 0.15) is 0 Å². The minimum atomic E-state index is -0.808. The van der Waals surface area contributed by atoms with Crippen LogP contribution in [0.5, 0.6) is 5.75 Å². The van der Waals surface area contributed by atoms with Crippen molar-refractivity contribution >= 4 is 0 Å². The number of unbranched alkanes of at least 4 members (excludes halogenated alkanes) is 1. The van der Waals surface area contributed by atoms with Crippen LogP contribution in [0.4, 0.5) is 17.6 Å². The van der Waals surface area contributed by atoms with Crippen LogP contribution in [0.1, 0.15) is 204 Å². The normalized spacial score (nSPS) is 29.1. The van der Waals surface area contributed by atoms with Crippen LogP contribution >= 0.6 is 0 Å². The summed E-state index contributed by atoms with van der Waals surface area (Å²) >= 11 is 0. The molecule has 6 rings (SSSR count). The number of aryl methyl sites for hydroxylation is 1. The highest BCUT2D eigenvalue weighted by Gasteiger charge is 2.34. The van der Waals surface area contributed by atoms with E-state index in [1.807, 2.05) is 13.0 Å². The SMILES string of the molecule is C.CCCCC1CCC(C2CCC(c3ccc(C)c(F)c3F)CC2)CC1.CCCOc1ccc(C2CCC(C3CCC(CCC)CC3)CC2)c(F)c1F.[HH].[HH].[HH].[HH]. The molecule has 4 saturated carbocycles. The number of rotatable bonds is 12. The van der Waals surface area contributed by atoms with Crippen molar-refractivity contribution in [3.8, 4) is 5.75 Å². The molecule has 4 fully saturated rings. The van der Waals surface area contributed by atoms with E-state index < -0.39 is 23.3 Å². The van der Waals surface area contributed by atoms with E-state index in [1.165, 1.54) is 109 Å². The van der Waals surface area contributed by atoms with E-state index in [9.17, 15) is 17.6 Å². The van der Waals surface area contributed by atoms with Crippen molar-refractivity contribution in [2.75, 3.05) is 6.61 Å². The minimum Gasteiger partial charge on any atom is -0.490 e. The molecule has 308 valence electrons. The molecule has 4 aliphatic carbocycles. The van der Waals surface area contributed by atoms with E-state index in [0.29, 0.717) is 23.3 Å². The first-order chi connectivity index (χ1) is 25.2. The molecule has 2 aromatic rings. The molecule has 53 heavy (non-hydrogen) atoms. The molecule has 0 unspecified atom stereocenters. The Kier molecular flexibility index (Phi) is 18.0. The molecule has 0 N–H and O–H groups in total. The Morgan fingerprint density at radius 1 is 0.509 bits per heavy atom. The molecule has 0 spiro atoms. The lowest BCUT2D eigenvalue weighted by molar-refractivity contribution is 0.155. The number of ether oxygens (including phenoxy) is 1. The Bertz CT molecular complexity index is 1360. The van der Waals surface area contributed by atoms with Gasteiger partial charge >= 0.3 is 0 Å². The minimum absolute atomic E-state index is 0. The summed E-state index contributed by atoms with van der Waals surface area (Å²) in [6, 6.07) is 6.92. The maximum atomic E-state index is 14.6. The van der Waals surface area contributed by atoms with E-state index >= 15 is 0 Å². The Labute approximate surface area is 327 Å². The predicted molar refractivity (Wildman–Crippen MR) is 223 cm³/mol. The molecule has 2 aromatic carbocycles. The molecule has 0 bridgehead atoms. The van der Waals surface area contributed by atoms with Gasteiger partial charge in [-0.1, -0.05) is 104 Å². The van der Waals surface area contributed by atoms with Gasteiger partial charge in [-0.15, -0.1) is 0 Å². The first kappa shape index (κ1) is 43.7. The van der Waals surface area contributed by atoms with Gasteiger partial charge in [-0.25, -0.2) is 13.2 Å². The van der Waals surface area contributed by atoms with Gasteiger partial charge in [-0.05, 0) is 160 Å². The van der Waals surface area contributed by atoms with Crippen LogP contribution in [0, 0.1) is 65.7 Å². The fourth-order valence-corrected chi connectivity index (χ4v) is 10.8. The number of halogens is 4. The van der Waals surface area contributed by atoms with Gasteiger partial charge < -0.3 is 4.74 Å². The van der Waals surface area contributed by atoms with Gasteiger partial charge in [0.15, 0.2) is 23.2 Å². The molecule has 0 aromatic heterocycles. The summed E-state index contributed by atoms with van der Waals surface area (Å²) in [4.78, 5) is 0. The Morgan fingerprint density at radius 2 is 0.943 bits per heavy atom. The number of hydrogen-bond donors (Lipinski definition) is 0. The Morgan fingerprint density at radius 3 is 1.40 bits per heavy atom. The van der Waals surface area contributed by atoms with Crippen LogP contribution < -0.4 is 4.74 Å². The van der Waals surface area contributed by atoms with E-state index in [-0.39, 0.29) is 30.7 Å². The number of hydrogen-bond acceptors (Lipinski definition) is 1. The van der Waals surface area contributed by atoms with E-state index in [4.69, 9.17) is 4.74 Å². The van der Waals surface area contributed by atoms with Crippen molar-refractivity contribution < 1.29 is 28.0 Å². The molecule has 4 aliphatic rings. The smallest absolute Gasteiger partial charge is 0.200 e. The van der Waals surface area contributed by atoms with Crippen LogP contribution in [-0.4, -0.2) is 6.61 Å². The van der Waals surface area contributed by atoms with E-state index in [2.05, 4.69) is 13.8 Å². The third kappa shape index (κ3) is 11.7. The quantitative estimate of drug-likeness (QED) is 0.196. The molecule has 0 amide bonds. The van der Waals surface area contributed by atoms with Gasteiger partial charge in [0.25, 0.3) is 0 Å². The summed E-state index contributed by atoms with van der Waals surface area (Å²) in [6.07, 6.45) is 27.6. The highest BCUT2D eigenvalue weighted by Crippen LogP contribution is 2.47. The molecular weight excluding hydrogens is 669 g/mol. The van der Waals surface area contributed by atoms with Gasteiger partial charge in [-0.3, -0.25) is 0 Å². The van der Waals surface area contributed by atoms with Crippen LogP contribution in [0.25, 0.3) is 0 Å². The standard InChI is InChI=1S/C24H36F2O.C23H34F2.CH4.4H2/c1-3-5-17-6-8-18(9-7-17)19-10-12-20(13-11-19)21-14-15-22(27-16-4-2)24(26)23(21)25;1-3-4-5-17-7-9-18(10-8-17)19-11-13-20(14-12-19)21-15-6-16(2)22(24)23(21)25;;;;;/h14-15,17-20H,3-13,16H2,1-2H3;6,15,17-20H,3-5,7-14H2,1-2H3;1H4;4*1H. The monoisotopic (exact) mass is 751 g/mol. The fourth-order valence-electron chi connectivity index (χ4n) is 10.8. The third-order valence-corrected chi connectivity index (χ3v) is 14.0. The molecule has 0 aliphatic heterocycles. The van der Waals surface area contributed by atoms with Crippen molar-refractivity contribution in [1.29, 1.82) is 0 Å². The van der Waals surface area contributed by atoms with Gasteiger partial charge in [0.05, 0.1) is 6.61 Å². The summed E-state index contributed by atoms with van der Waals surface area (Å²) in [5.74, 6) is 2.98. The summed E-state index contributed by atoms with van der Waals surface area (Å²) < 4.78 is 62.3. The van der Waals surface area contributed by atoms with Gasteiger partial charge in [-0.2, -0.15) is 4.39 Å². The summed E-state index contributed by atoms with van der Waals surface area (Å²) in [5, 5.41) is 0. The molecule has 1 nitrogen and oxygen atoms in total. The van der Waals surface area contributed by atoms with Crippen LogP contribution in [-0.2, 0) is 0 Å². The van der Waals surface area contributed by atoms with Crippen LogP contribution in [0.15, 0.2) is 24.3 Å². The van der Waals surface area contributed by atoms with E-state index in [1.54, 1.807) is 25.1 Å². The zero-order valence-electron chi connectivity index (χ0n) is 33.1. The van der Waals surface area contributed by atoms with Crippen molar-refractivity contribution in [3.63, 3.8) is 0 Å². The van der Waals surface area contributed by atoms with Crippen LogP contribution in [0.3, 0.4) is 0 Å². The lowest BCUT2D eigenvalue weighted by Crippen LogP contribution is -2.25. The zero-order chi connectivity index (χ0) is 37.0. The van der Waals surface area contributed by atoms with Gasteiger partial charge in [0.2, 0.25) is 5.82 Å². The summed E-state index contributed by atoms with van der Waals surface area (Å²) in [6.45, 7) is 8.58. The fraction of sp³-hybridized carbons (Fsp3) is 0.750. The second-order valence-corrected chi connectivity index (χ2v) is 17.4. The number of benzene rings is 2. The highest BCUT2D eigenvalue weighted by molar-refractivity contribution is 5.33. The maximum Gasteiger partial charge on any atom is 0.200 e. The predicted octanol–water partition coefficient (Wildman–Crippen LogP) is 16.8. The molecule has 0 atom stereocenters. The van der Waals surface area contributed by atoms with Crippen LogP contribution in [0.2, 0.25) is 0 Å². The lowest BCUT2D eigenvalue weighted by Gasteiger charge is -2.38. The average Bonchev–Trinajstić information content (AvgIpc) is 3.18. The van der Waals surface area contributed by atoms with Gasteiger partial charge in [0, 0.05) is 5.71 Å². The summed E-state index contributed by atoms with van der Waals surface area (Å²) in [7, 11) is 0. The molecule has 5 heteroatoms. The Hall–Kier alpha value is -2.04. The van der Waals surface area contributed by atoms with Crippen molar-refractivity contribution in [1.82, 2.24) is 0 Å². The van der Waals surface area contributed by atoms with Crippen molar-refractivity contribution in [3.05, 3.63) is 64.2 Å². The molecule has 0 radical (unpaired) electrons. The second kappa shape index (κ2) is 21.9. The van der Waals surface area contributed by atoms with E-state index in [0.717, 1.165) is 67.6 Å². The topological polar surface area (TPSA) is 9.23 Å². The molecule has 0 heterocycles. The molecular formula is C48H82F4O.